The quantitative estimate of drug-likeness (QED) is 0.624. The number of hydrogen-bond donors (Lipinski definition) is 3. The van der Waals surface area contributed by atoms with E-state index >= 15 is 0 Å². The summed E-state index contributed by atoms with van der Waals surface area (Å²) in [6.07, 6.45) is -0.267. The van der Waals surface area contributed by atoms with Crippen LogP contribution in [-0.2, 0) is 4.79 Å². The van der Waals surface area contributed by atoms with Gasteiger partial charge >= 0.3 is 5.97 Å². The Morgan fingerprint density at radius 1 is 1.29 bits per heavy atom. The second kappa shape index (κ2) is 4.28. The van der Waals surface area contributed by atoms with Gasteiger partial charge in [0.1, 0.15) is 0 Å². The van der Waals surface area contributed by atoms with Crippen LogP contribution in [0.5, 0.6) is 0 Å². The zero-order chi connectivity index (χ0) is 11.6. The zero-order valence-corrected chi connectivity index (χ0v) is 9.24. The minimum Gasteiger partial charge on any atom is -0.481 e. The second-order valence-electron chi connectivity index (χ2n) is 4.90. The molecule has 0 unspecified atom stereocenters. The van der Waals surface area contributed by atoms with Gasteiger partial charge in [-0.15, -0.1) is 0 Å². The van der Waals surface area contributed by atoms with Gasteiger partial charge < -0.3 is 15.3 Å². The normalized spacial score (nSPS) is 15.3. The number of aliphatic hydroxyl groups is 2. The van der Waals surface area contributed by atoms with Gasteiger partial charge in [0, 0.05) is 0 Å². The van der Waals surface area contributed by atoms with Crippen molar-refractivity contribution >= 4 is 5.97 Å². The van der Waals surface area contributed by atoms with Crippen molar-refractivity contribution in [2.75, 3.05) is 0 Å². The maximum atomic E-state index is 10.7. The zero-order valence-electron chi connectivity index (χ0n) is 9.24. The monoisotopic (exact) mass is 204 g/mol. The molecule has 4 nitrogen and oxygen atoms in total. The lowest BCUT2D eigenvalue weighted by Crippen LogP contribution is -2.37. The Morgan fingerprint density at radius 2 is 1.71 bits per heavy atom. The van der Waals surface area contributed by atoms with Crippen LogP contribution in [0.15, 0.2) is 0 Å². The van der Waals surface area contributed by atoms with Crippen molar-refractivity contribution < 1.29 is 20.1 Å². The molecule has 0 aliphatic rings. The van der Waals surface area contributed by atoms with Gasteiger partial charge in [-0.05, 0) is 40.5 Å². The molecular weight excluding hydrogens is 184 g/mol. The van der Waals surface area contributed by atoms with Crippen molar-refractivity contribution in [3.63, 3.8) is 0 Å². The van der Waals surface area contributed by atoms with Crippen molar-refractivity contribution in [3.05, 3.63) is 0 Å². The predicted octanol–water partition coefficient (Wildman–Crippen LogP) is 1.01. The summed E-state index contributed by atoms with van der Waals surface area (Å²) in [6, 6.07) is 0. The Balaban J connectivity index is 4.13. The van der Waals surface area contributed by atoms with Gasteiger partial charge in [0.15, 0.2) is 0 Å². The average Bonchev–Trinajstić information content (AvgIpc) is 1.98. The molecule has 0 amide bonds. The molecular formula is C10H20O4. The largest absolute Gasteiger partial charge is 0.481 e. The smallest absolute Gasteiger partial charge is 0.309 e. The van der Waals surface area contributed by atoms with Gasteiger partial charge in [-0.2, -0.15) is 0 Å². The minimum absolute atomic E-state index is 0.281. The Morgan fingerprint density at radius 3 is 2.00 bits per heavy atom. The van der Waals surface area contributed by atoms with Gasteiger partial charge in [0.2, 0.25) is 0 Å². The standard InChI is InChI=1S/C10H20O4/c1-9(2,8(12)13)6-5-7(11)10(3,4)14/h7,11,14H,5-6H2,1-4H3,(H,12,13)/t7-/m0/s1. The number of aliphatic hydroxyl groups excluding tert-OH is 1. The fourth-order valence-electron chi connectivity index (χ4n) is 0.958. The molecule has 0 saturated heterocycles. The van der Waals surface area contributed by atoms with Crippen LogP contribution in [0.2, 0.25) is 0 Å². The number of carbonyl (C=O) groups is 1. The molecule has 1 atom stereocenters. The number of rotatable bonds is 5. The molecule has 84 valence electrons. The molecule has 0 bridgehead atoms. The van der Waals surface area contributed by atoms with Crippen molar-refractivity contribution in [1.82, 2.24) is 0 Å². The number of aliphatic carboxylic acids is 1. The molecule has 0 heterocycles. The molecule has 3 N–H and O–H groups in total. The van der Waals surface area contributed by atoms with Gasteiger partial charge in [0.05, 0.1) is 17.1 Å². The highest BCUT2D eigenvalue weighted by atomic mass is 16.4. The van der Waals surface area contributed by atoms with E-state index in [0.717, 1.165) is 0 Å². The molecule has 0 aromatic heterocycles. The Bertz CT molecular complexity index is 203. The van der Waals surface area contributed by atoms with Crippen LogP contribution < -0.4 is 0 Å². The van der Waals surface area contributed by atoms with Crippen LogP contribution in [0.4, 0.5) is 0 Å². The Kier molecular flexibility index (Phi) is 4.09. The third-order valence-corrected chi connectivity index (χ3v) is 2.44. The molecule has 14 heavy (non-hydrogen) atoms. The van der Waals surface area contributed by atoms with Crippen LogP contribution in [0, 0.1) is 5.41 Å². The summed E-state index contributed by atoms with van der Waals surface area (Å²) < 4.78 is 0. The first-order valence-electron chi connectivity index (χ1n) is 4.71. The van der Waals surface area contributed by atoms with Crippen LogP contribution in [-0.4, -0.2) is 33.0 Å². The number of carboxylic acids is 1. The van der Waals surface area contributed by atoms with Gasteiger partial charge in [-0.1, -0.05) is 0 Å². The van der Waals surface area contributed by atoms with E-state index in [1.54, 1.807) is 13.8 Å². The van der Waals surface area contributed by atoms with E-state index in [9.17, 15) is 15.0 Å². The molecule has 0 rings (SSSR count). The Labute approximate surface area is 84.6 Å². The lowest BCUT2D eigenvalue weighted by Gasteiger charge is -2.27. The number of carboxylic acid groups (broad SMARTS) is 1. The average molecular weight is 204 g/mol. The summed E-state index contributed by atoms with van der Waals surface area (Å²) in [5.74, 6) is -0.888. The SMILES string of the molecule is CC(C)(CC[C@H](O)C(C)(C)O)C(=O)O. The summed E-state index contributed by atoms with van der Waals surface area (Å²) in [4.78, 5) is 10.7. The van der Waals surface area contributed by atoms with Gasteiger partial charge in [0.25, 0.3) is 0 Å². The third kappa shape index (κ3) is 4.07. The molecule has 0 saturated carbocycles. The Hall–Kier alpha value is -0.610. The van der Waals surface area contributed by atoms with E-state index < -0.39 is 23.1 Å². The van der Waals surface area contributed by atoms with Crippen LogP contribution >= 0.6 is 0 Å². The molecule has 0 spiro atoms. The molecule has 0 aromatic carbocycles. The van der Waals surface area contributed by atoms with E-state index in [2.05, 4.69) is 0 Å². The van der Waals surface area contributed by atoms with E-state index in [0.29, 0.717) is 6.42 Å². The van der Waals surface area contributed by atoms with Crippen molar-refractivity contribution in [1.29, 1.82) is 0 Å². The van der Waals surface area contributed by atoms with Crippen LogP contribution in [0.1, 0.15) is 40.5 Å². The molecule has 0 fully saturated rings. The summed E-state index contributed by atoms with van der Waals surface area (Å²) in [5, 5.41) is 27.7. The summed E-state index contributed by atoms with van der Waals surface area (Å²) >= 11 is 0. The minimum atomic E-state index is -1.17. The third-order valence-electron chi connectivity index (χ3n) is 2.44. The maximum absolute atomic E-state index is 10.7. The second-order valence-corrected chi connectivity index (χ2v) is 4.90. The first kappa shape index (κ1) is 13.4. The van der Waals surface area contributed by atoms with E-state index in [1.807, 2.05) is 0 Å². The van der Waals surface area contributed by atoms with Crippen LogP contribution in [0.3, 0.4) is 0 Å². The summed E-state index contributed by atoms with van der Waals surface area (Å²) in [6.45, 7) is 6.22. The fourth-order valence-corrected chi connectivity index (χ4v) is 0.958. The summed E-state index contributed by atoms with van der Waals surface area (Å²) in [5.41, 5.74) is -2.03. The first-order valence-corrected chi connectivity index (χ1v) is 4.71. The first-order chi connectivity index (χ1) is 6.07. The van der Waals surface area contributed by atoms with Crippen molar-refractivity contribution in [3.8, 4) is 0 Å². The fraction of sp³-hybridized carbons (Fsp3) is 0.900. The van der Waals surface area contributed by atoms with E-state index in [-0.39, 0.29) is 6.42 Å². The van der Waals surface area contributed by atoms with E-state index in [1.165, 1.54) is 13.8 Å². The molecule has 4 heteroatoms. The highest BCUT2D eigenvalue weighted by molar-refractivity contribution is 5.73. The van der Waals surface area contributed by atoms with Crippen LogP contribution in [0.25, 0.3) is 0 Å². The highest BCUT2D eigenvalue weighted by Gasteiger charge is 2.31. The lowest BCUT2D eigenvalue weighted by molar-refractivity contribution is -0.148. The van der Waals surface area contributed by atoms with E-state index in [4.69, 9.17) is 5.11 Å². The molecule has 0 radical (unpaired) electrons. The topological polar surface area (TPSA) is 77.8 Å². The van der Waals surface area contributed by atoms with Crippen molar-refractivity contribution in [2.45, 2.75) is 52.2 Å². The van der Waals surface area contributed by atoms with Gasteiger partial charge in [-0.25, -0.2) is 0 Å². The summed E-state index contributed by atoms with van der Waals surface area (Å²) in [7, 11) is 0. The predicted molar refractivity (Wildman–Crippen MR) is 53.0 cm³/mol. The number of hydrogen-bond acceptors (Lipinski definition) is 3. The lowest BCUT2D eigenvalue weighted by atomic mass is 9.84. The molecule has 0 aliphatic carbocycles. The molecule has 0 aromatic rings. The molecule has 0 aliphatic heterocycles. The maximum Gasteiger partial charge on any atom is 0.309 e. The van der Waals surface area contributed by atoms with Gasteiger partial charge in [-0.3, -0.25) is 4.79 Å². The highest BCUT2D eigenvalue weighted by Crippen LogP contribution is 2.25. The van der Waals surface area contributed by atoms with Crippen molar-refractivity contribution in [2.24, 2.45) is 5.41 Å².